The number of hydrogen-bond acceptors (Lipinski definition) is 16. The molecule has 504 valence electrons. The number of ketones is 3. The monoisotopic (exact) mass is 1330 g/mol. The van der Waals surface area contributed by atoms with Crippen molar-refractivity contribution in [1.82, 2.24) is 0 Å². The van der Waals surface area contributed by atoms with Crippen LogP contribution in [-0.4, -0.2) is 107 Å². The SMILES string of the molecule is CC(=O)COc1ccc(NC(=O)c2ccccc2C(=O)O)cc1C#N.CC(=O)COc1ccc(NC(=O)c2ccccc2C(=O)O)cc1C#N.CCCCc1ccc(CC(=O)c2ccccc2C(=O)O)cc1OC.CCCCc1ccc(NC(=O)c2ccccc2C(=O)O)c(OC)c1. The number of nitriles is 2. The molecular formula is C75H71N5O18. The number of anilines is 3. The smallest absolute Gasteiger partial charge is 0.336 e. The molecule has 0 spiro atoms. The van der Waals surface area contributed by atoms with Crippen molar-refractivity contribution in [1.29, 1.82) is 10.5 Å². The summed E-state index contributed by atoms with van der Waals surface area (Å²) in [5, 5.41) is 62.8. The topological polar surface area (TPSA) is 372 Å². The van der Waals surface area contributed by atoms with E-state index in [1.807, 2.05) is 42.5 Å². The number of aromatic carboxylic acids is 4. The van der Waals surface area contributed by atoms with Crippen molar-refractivity contribution in [2.45, 2.75) is 72.6 Å². The minimum atomic E-state index is -1.21. The lowest BCUT2D eigenvalue weighted by Crippen LogP contribution is -2.16. The number of carbonyl (C=O) groups is 10. The summed E-state index contributed by atoms with van der Waals surface area (Å²) in [5.74, 6) is -5.16. The van der Waals surface area contributed by atoms with Crippen LogP contribution in [0.3, 0.4) is 0 Å². The fraction of sp³-hybridized carbons (Fsp3) is 0.200. The summed E-state index contributed by atoms with van der Waals surface area (Å²) in [6.07, 6.45) is 6.41. The molecule has 98 heavy (non-hydrogen) atoms. The molecule has 8 aromatic carbocycles. The quantitative estimate of drug-likeness (QED) is 0.0235. The summed E-state index contributed by atoms with van der Waals surface area (Å²) >= 11 is 0. The van der Waals surface area contributed by atoms with Gasteiger partial charge in [-0.15, -0.1) is 0 Å². The van der Waals surface area contributed by atoms with Crippen molar-refractivity contribution in [3.05, 3.63) is 242 Å². The molecule has 0 saturated carbocycles. The molecule has 0 aliphatic heterocycles. The van der Waals surface area contributed by atoms with Gasteiger partial charge in [-0.2, -0.15) is 10.5 Å². The molecule has 0 saturated heterocycles. The number of rotatable bonds is 27. The summed E-state index contributed by atoms with van der Waals surface area (Å²) in [6.45, 7) is 6.67. The van der Waals surface area contributed by atoms with E-state index in [-0.39, 0.29) is 104 Å². The Balaban J connectivity index is 0.000000236. The average molecular weight is 1330 g/mol. The second-order valence-electron chi connectivity index (χ2n) is 21.4. The van der Waals surface area contributed by atoms with Crippen molar-refractivity contribution in [2.24, 2.45) is 0 Å². The van der Waals surface area contributed by atoms with Crippen molar-refractivity contribution in [3.8, 4) is 35.1 Å². The van der Waals surface area contributed by atoms with Gasteiger partial charge in [0, 0.05) is 23.4 Å². The van der Waals surface area contributed by atoms with Crippen LogP contribution in [0.25, 0.3) is 0 Å². The van der Waals surface area contributed by atoms with E-state index in [1.54, 1.807) is 62.8 Å². The first-order valence-electron chi connectivity index (χ1n) is 30.4. The summed E-state index contributed by atoms with van der Waals surface area (Å²) in [4.78, 5) is 116. The summed E-state index contributed by atoms with van der Waals surface area (Å²) < 4.78 is 21.2. The largest absolute Gasteiger partial charge is 0.496 e. The number of methoxy groups -OCH3 is 2. The van der Waals surface area contributed by atoms with Gasteiger partial charge in [-0.3, -0.25) is 28.8 Å². The highest BCUT2D eigenvalue weighted by atomic mass is 16.5. The summed E-state index contributed by atoms with van der Waals surface area (Å²) in [5.41, 5.74) is 4.60. The molecule has 7 N–H and O–H groups in total. The number of ether oxygens (including phenoxy) is 4. The predicted molar refractivity (Wildman–Crippen MR) is 363 cm³/mol. The third kappa shape index (κ3) is 22.8. The molecule has 0 bridgehead atoms. The van der Waals surface area contributed by atoms with Gasteiger partial charge in [0.05, 0.1) is 70.0 Å². The number of nitrogens with zero attached hydrogens (tertiary/aromatic N) is 2. The van der Waals surface area contributed by atoms with E-state index in [1.165, 1.54) is 105 Å². The van der Waals surface area contributed by atoms with E-state index in [9.17, 15) is 68.7 Å². The normalized spacial score (nSPS) is 10.0. The number of nitrogens with one attached hydrogen (secondary N) is 3. The highest BCUT2D eigenvalue weighted by Crippen LogP contribution is 2.29. The van der Waals surface area contributed by atoms with Gasteiger partial charge in [-0.05, 0) is 153 Å². The molecular weight excluding hydrogens is 1260 g/mol. The van der Waals surface area contributed by atoms with Crippen molar-refractivity contribution < 1.29 is 87.3 Å². The average Bonchev–Trinajstić information content (AvgIpc) is 0.867. The van der Waals surface area contributed by atoms with Crippen LogP contribution in [0.1, 0.15) is 164 Å². The number of hydrogen-bond donors (Lipinski definition) is 7. The van der Waals surface area contributed by atoms with Crippen molar-refractivity contribution >= 4 is 76.0 Å². The number of amides is 3. The molecule has 8 rings (SSSR count). The van der Waals surface area contributed by atoms with Gasteiger partial charge in [0.1, 0.15) is 48.4 Å². The maximum absolute atomic E-state index is 12.5. The number of carbonyl (C=O) groups excluding carboxylic acids is 6. The van der Waals surface area contributed by atoms with Crippen LogP contribution in [0.15, 0.2) is 170 Å². The van der Waals surface area contributed by atoms with E-state index < -0.39 is 41.6 Å². The first-order valence-corrected chi connectivity index (χ1v) is 30.4. The highest BCUT2D eigenvalue weighted by molar-refractivity contribution is 6.13. The maximum Gasteiger partial charge on any atom is 0.336 e. The molecule has 3 amide bonds. The second-order valence-corrected chi connectivity index (χ2v) is 21.4. The number of aryl methyl sites for hydroxylation is 2. The van der Waals surface area contributed by atoms with E-state index in [0.29, 0.717) is 22.8 Å². The fourth-order valence-corrected chi connectivity index (χ4v) is 9.23. The summed E-state index contributed by atoms with van der Waals surface area (Å²) in [6, 6.07) is 47.9. The van der Waals surface area contributed by atoms with E-state index in [2.05, 4.69) is 29.8 Å². The van der Waals surface area contributed by atoms with Gasteiger partial charge in [0.15, 0.2) is 17.3 Å². The maximum atomic E-state index is 12.5. The van der Waals surface area contributed by atoms with Gasteiger partial charge in [-0.25, -0.2) is 19.2 Å². The lowest BCUT2D eigenvalue weighted by atomic mass is 9.97. The zero-order chi connectivity index (χ0) is 71.8. The number of Topliss-reactive ketones (excluding diaryl/α,β-unsaturated/α-hetero) is 3. The van der Waals surface area contributed by atoms with E-state index in [4.69, 9.17) is 29.2 Å². The molecule has 0 atom stereocenters. The fourth-order valence-electron chi connectivity index (χ4n) is 9.23. The van der Waals surface area contributed by atoms with Crippen LogP contribution in [0.4, 0.5) is 17.1 Å². The Labute approximate surface area is 564 Å². The molecule has 8 aromatic rings. The zero-order valence-electron chi connectivity index (χ0n) is 54.4. The molecule has 0 fully saturated rings. The Morgan fingerprint density at radius 1 is 0.408 bits per heavy atom. The van der Waals surface area contributed by atoms with Gasteiger partial charge in [0.2, 0.25) is 0 Å². The minimum Gasteiger partial charge on any atom is -0.496 e. The van der Waals surface area contributed by atoms with Gasteiger partial charge < -0.3 is 55.3 Å². The zero-order valence-corrected chi connectivity index (χ0v) is 54.4. The molecule has 0 unspecified atom stereocenters. The number of benzene rings is 8. The Morgan fingerprint density at radius 2 is 0.776 bits per heavy atom. The standard InChI is InChI=1S/C20H22O4.C19H21NO4.2C18H14N2O5/c1-3-4-7-15-11-10-14(13-19(15)24-2)12-18(21)16-8-5-6-9-17(16)20(22)23;1-3-4-7-13-10-11-16(17(12-13)24-2)20-18(21)14-8-5-6-9-15(14)19(22)23;2*1-11(21)10-25-16-7-6-13(8-12(16)9-19)20-17(22)14-4-2-3-5-15(14)18(23)24/h5-6,8-11,13H,3-4,7,12H2,1-2H3,(H,22,23);5-6,8-12H,3-4,7H2,1-2H3,(H,20,21)(H,22,23);2*2-8H,10H2,1H3,(H,20,22)(H,23,24). The number of unbranched alkanes of at least 4 members (excludes halogenated alkanes) is 2. The third-order valence-electron chi connectivity index (χ3n) is 14.1. The molecule has 23 heteroatoms. The molecule has 23 nitrogen and oxygen atoms in total. The molecule has 0 aliphatic rings. The summed E-state index contributed by atoms with van der Waals surface area (Å²) in [7, 11) is 3.16. The molecule has 0 aliphatic carbocycles. The van der Waals surface area contributed by atoms with E-state index in [0.717, 1.165) is 61.0 Å². The van der Waals surface area contributed by atoms with Crippen LogP contribution in [0.5, 0.6) is 23.0 Å². The van der Waals surface area contributed by atoms with Crippen LogP contribution < -0.4 is 34.9 Å². The lowest BCUT2D eigenvalue weighted by Gasteiger charge is -2.13. The Hall–Kier alpha value is -12.8. The number of carboxylic acids is 4. The minimum absolute atomic E-state index is 0.00501. The Kier molecular flexibility index (Phi) is 29.8. The third-order valence-corrected chi connectivity index (χ3v) is 14.1. The van der Waals surface area contributed by atoms with Gasteiger partial charge in [0.25, 0.3) is 17.7 Å². The van der Waals surface area contributed by atoms with Gasteiger partial charge >= 0.3 is 23.9 Å². The second kappa shape index (κ2) is 38.4. The van der Waals surface area contributed by atoms with Crippen molar-refractivity contribution in [2.75, 3.05) is 43.4 Å². The van der Waals surface area contributed by atoms with Crippen LogP contribution in [-0.2, 0) is 28.9 Å². The molecule has 0 heterocycles. The molecule has 0 aromatic heterocycles. The van der Waals surface area contributed by atoms with Crippen LogP contribution in [0, 0.1) is 22.7 Å². The van der Waals surface area contributed by atoms with Crippen molar-refractivity contribution in [3.63, 3.8) is 0 Å². The number of carboxylic acid groups (broad SMARTS) is 4. The van der Waals surface area contributed by atoms with Gasteiger partial charge in [-0.1, -0.05) is 99.5 Å². The first-order chi connectivity index (χ1) is 47.0. The Bertz CT molecular complexity index is 4190. The Morgan fingerprint density at radius 3 is 1.16 bits per heavy atom. The molecule has 0 radical (unpaired) electrons. The predicted octanol–water partition coefficient (Wildman–Crippen LogP) is 13.1. The highest BCUT2D eigenvalue weighted by Gasteiger charge is 2.22. The van der Waals surface area contributed by atoms with E-state index >= 15 is 0 Å². The van der Waals surface area contributed by atoms with Crippen LogP contribution in [0.2, 0.25) is 0 Å². The van der Waals surface area contributed by atoms with Crippen LogP contribution >= 0.6 is 0 Å². The lowest BCUT2D eigenvalue weighted by molar-refractivity contribution is -0.119. The first kappa shape index (κ1) is 76.0.